The average molecular weight is 405 g/mol. The molecule has 0 unspecified atom stereocenters. The number of nitrogens with zero attached hydrogens (tertiary/aromatic N) is 4. The van der Waals surface area contributed by atoms with Crippen LogP contribution >= 0.6 is 11.8 Å². The highest BCUT2D eigenvalue weighted by atomic mass is 32.2. The van der Waals surface area contributed by atoms with Crippen molar-refractivity contribution in [2.45, 2.75) is 5.16 Å². The van der Waals surface area contributed by atoms with Gasteiger partial charge >= 0.3 is 0 Å². The van der Waals surface area contributed by atoms with Gasteiger partial charge in [0, 0.05) is 44.0 Å². The number of carbonyl (C=O) groups is 1. The number of rotatable bonds is 6. The predicted molar refractivity (Wildman–Crippen MR) is 105 cm³/mol. The van der Waals surface area contributed by atoms with Crippen LogP contribution in [0.1, 0.15) is 5.56 Å². The Morgan fingerprint density at radius 1 is 1.04 bits per heavy atom. The van der Waals surface area contributed by atoms with E-state index in [1.165, 1.54) is 21.5 Å². The molecule has 0 radical (unpaired) electrons. The number of piperazine rings is 1. The Kier molecular flexibility index (Phi) is 6.59. The molecular formula is C18H20N4O3S2. The van der Waals surface area contributed by atoms with E-state index in [4.69, 9.17) is 0 Å². The number of benzene rings is 1. The summed E-state index contributed by atoms with van der Waals surface area (Å²) in [6, 6.07) is 11.0. The molecule has 1 amide bonds. The van der Waals surface area contributed by atoms with Gasteiger partial charge in [0.2, 0.25) is 15.9 Å². The van der Waals surface area contributed by atoms with Gasteiger partial charge in [-0.2, -0.15) is 4.31 Å². The van der Waals surface area contributed by atoms with Gasteiger partial charge in [-0.05, 0) is 17.7 Å². The number of sulfonamides is 1. The van der Waals surface area contributed by atoms with Gasteiger partial charge < -0.3 is 4.90 Å². The maximum Gasteiger partial charge on any atom is 0.236 e. The summed E-state index contributed by atoms with van der Waals surface area (Å²) in [4.78, 5) is 22.1. The summed E-state index contributed by atoms with van der Waals surface area (Å²) >= 11 is 1.28. The summed E-state index contributed by atoms with van der Waals surface area (Å²) in [7, 11) is -3.50. The SMILES string of the molecule is O=C(CSc1ncccn1)N1CCN(S(=O)(=O)/C=C/c2ccccc2)CC1. The number of amides is 1. The van der Waals surface area contributed by atoms with E-state index < -0.39 is 10.0 Å². The van der Waals surface area contributed by atoms with Crippen LogP contribution in [0.2, 0.25) is 0 Å². The molecule has 3 rings (SSSR count). The third-order valence-corrected chi connectivity index (χ3v) is 6.48. The summed E-state index contributed by atoms with van der Waals surface area (Å²) in [5, 5.41) is 1.78. The molecule has 0 aliphatic carbocycles. The Balaban J connectivity index is 1.50. The fourth-order valence-electron chi connectivity index (χ4n) is 2.58. The average Bonchev–Trinajstić information content (AvgIpc) is 2.72. The van der Waals surface area contributed by atoms with Gasteiger partial charge in [-0.25, -0.2) is 18.4 Å². The van der Waals surface area contributed by atoms with Crippen LogP contribution in [0, 0.1) is 0 Å². The largest absolute Gasteiger partial charge is 0.339 e. The van der Waals surface area contributed by atoms with E-state index in [1.807, 2.05) is 30.3 Å². The maximum atomic E-state index is 12.5. The molecule has 0 atom stereocenters. The van der Waals surface area contributed by atoms with Crippen molar-refractivity contribution in [2.75, 3.05) is 31.9 Å². The van der Waals surface area contributed by atoms with Crippen LogP contribution in [0.5, 0.6) is 0 Å². The highest BCUT2D eigenvalue weighted by Gasteiger charge is 2.27. The number of carbonyl (C=O) groups excluding carboxylic acids is 1. The van der Waals surface area contributed by atoms with Gasteiger partial charge in [-0.3, -0.25) is 4.79 Å². The van der Waals surface area contributed by atoms with Crippen LogP contribution in [-0.4, -0.2) is 65.4 Å². The Morgan fingerprint density at radius 3 is 2.37 bits per heavy atom. The molecule has 1 aromatic heterocycles. The van der Waals surface area contributed by atoms with Crippen molar-refractivity contribution in [1.29, 1.82) is 0 Å². The van der Waals surface area contributed by atoms with Crippen molar-refractivity contribution in [3.63, 3.8) is 0 Å². The zero-order chi connectivity index (χ0) is 19.1. The third kappa shape index (κ3) is 5.62. The van der Waals surface area contributed by atoms with Crippen molar-refractivity contribution < 1.29 is 13.2 Å². The van der Waals surface area contributed by atoms with Crippen LogP contribution in [0.25, 0.3) is 6.08 Å². The lowest BCUT2D eigenvalue weighted by Gasteiger charge is -2.33. The molecule has 27 heavy (non-hydrogen) atoms. The van der Waals surface area contributed by atoms with E-state index in [0.717, 1.165) is 5.56 Å². The van der Waals surface area contributed by atoms with Crippen molar-refractivity contribution in [3.8, 4) is 0 Å². The molecule has 1 fully saturated rings. The first-order valence-corrected chi connectivity index (χ1v) is 10.9. The number of thioether (sulfide) groups is 1. The van der Waals surface area contributed by atoms with E-state index in [2.05, 4.69) is 9.97 Å². The molecule has 1 aliphatic rings. The van der Waals surface area contributed by atoms with Crippen LogP contribution in [0.15, 0.2) is 59.4 Å². The third-order valence-electron chi connectivity index (χ3n) is 4.05. The highest BCUT2D eigenvalue weighted by Crippen LogP contribution is 2.15. The molecule has 0 N–H and O–H groups in total. The van der Waals surface area contributed by atoms with Gasteiger partial charge in [0.05, 0.1) is 5.75 Å². The molecule has 2 heterocycles. The lowest BCUT2D eigenvalue weighted by atomic mass is 10.2. The maximum absolute atomic E-state index is 12.5. The van der Waals surface area contributed by atoms with E-state index in [9.17, 15) is 13.2 Å². The first-order chi connectivity index (χ1) is 13.0. The first-order valence-electron chi connectivity index (χ1n) is 8.45. The fourth-order valence-corrected chi connectivity index (χ4v) is 4.46. The molecule has 9 heteroatoms. The summed E-state index contributed by atoms with van der Waals surface area (Å²) < 4.78 is 26.3. The minimum absolute atomic E-state index is 0.0377. The molecule has 142 valence electrons. The van der Waals surface area contributed by atoms with Gasteiger partial charge in [0.1, 0.15) is 0 Å². The Hall–Kier alpha value is -2.23. The minimum atomic E-state index is -3.50. The second-order valence-corrected chi connectivity index (χ2v) is 8.62. The Bertz CT molecular complexity index is 881. The van der Waals surface area contributed by atoms with E-state index >= 15 is 0 Å². The Morgan fingerprint density at radius 2 is 1.70 bits per heavy atom. The van der Waals surface area contributed by atoms with Crippen molar-refractivity contribution in [1.82, 2.24) is 19.2 Å². The van der Waals surface area contributed by atoms with Gasteiger partial charge in [-0.15, -0.1) is 0 Å². The molecular weight excluding hydrogens is 384 g/mol. The van der Waals surface area contributed by atoms with E-state index in [1.54, 1.807) is 29.4 Å². The standard InChI is InChI=1S/C18H20N4O3S2/c23-17(15-26-18-19-8-4-9-20-18)21-10-12-22(13-11-21)27(24,25)14-7-16-5-2-1-3-6-16/h1-9,14H,10-13,15H2/b14-7+. The quantitative estimate of drug-likeness (QED) is 0.538. The van der Waals surface area contributed by atoms with Crippen molar-refractivity contribution in [3.05, 3.63) is 59.8 Å². The zero-order valence-corrected chi connectivity index (χ0v) is 16.3. The van der Waals surface area contributed by atoms with Gasteiger partial charge in [0.15, 0.2) is 5.16 Å². The van der Waals surface area contributed by atoms with Crippen LogP contribution in [0.4, 0.5) is 0 Å². The summed E-state index contributed by atoms with van der Waals surface area (Å²) in [6.07, 6.45) is 4.85. The van der Waals surface area contributed by atoms with E-state index in [-0.39, 0.29) is 11.7 Å². The summed E-state index contributed by atoms with van der Waals surface area (Å²) in [5.41, 5.74) is 0.829. The summed E-state index contributed by atoms with van der Waals surface area (Å²) in [6.45, 7) is 1.35. The second-order valence-electron chi connectivity index (χ2n) is 5.86. The molecule has 0 spiro atoms. The predicted octanol–water partition coefficient (Wildman–Crippen LogP) is 1.71. The van der Waals surface area contributed by atoms with Crippen LogP contribution in [-0.2, 0) is 14.8 Å². The van der Waals surface area contributed by atoms with Crippen LogP contribution < -0.4 is 0 Å². The molecule has 2 aromatic rings. The van der Waals surface area contributed by atoms with Crippen molar-refractivity contribution >= 4 is 33.8 Å². The van der Waals surface area contributed by atoms with Crippen LogP contribution in [0.3, 0.4) is 0 Å². The normalized spacial score (nSPS) is 15.9. The first kappa shape index (κ1) is 19.5. The fraction of sp³-hybridized carbons (Fsp3) is 0.278. The lowest BCUT2D eigenvalue weighted by Crippen LogP contribution is -2.50. The molecule has 1 saturated heterocycles. The lowest BCUT2D eigenvalue weighted by molar-refractivity contribution is -0.129. The smallest absolute Gasteiger partial charge is 0.236 e. The van der Waals surface area contributed by atoms with Gasteiger partial charge in [-0.1, -0.05) is 42.1 Å². The van der Waals surface area contributed by atoms with Crippen molar-refractivity contribution in [2.24, 2.45) is 0 Å². The second kappa shape index (κ2) is 9.12. The molecule has 1 aliphatic heterocycles. The van der Waals surface area contributed by atoms with E-state index in [0.29, 0.717) is 31.3 Å². The molecule has 1 aromatic carbocycles. The molecule has 7 nitrogen and oxygen atoms in total. The number of hydrogen-bond donors (Lipinski definition) is 0. The topological polar surface area (TPSA) is 83.5 Å². The van der Waals surface area contributed by atoms with Gasteiger partial charge in [0.25, 0.3) is 0 Å². The number of hydrogen-bond acceptors (Lipinski definition) is 6. The minimum Gasteiger partial charge on any atom is -0.339 e. The monoisotopic (exact) mass is 404 g/mol. The Labute approximate surface area is 163 Å². The molecule has 0 bridgehead atoms. The highest BCUT2D eigenvalue weighted by molar-refractivity contribution is 7.99. The zero-order valence-electron chi connectivity index (χ0n) is 14.6. The number of aromatic nitrogens is 2. The molecule has 0 saturated carbocycles. The summed E-state index contributed by atoms with van der Waals surface area (Å²) in [5.74, 6) is 0.203.